The van der Waals surface area contributed by atoms with Gasteiger partial charge in [-0.2, -0.15) is 0 Å². The van der Waals surface area contributed by atoms with Crippen LogP contribution in [0.15, 0.2) is 12.3 Å². The highest BCUT2D eigenvalue weighted by Gasteiger charge is 2.32. The Bertz CT molecular complexity index is 352. The Morgan fingerprint density at radius 1 is 1.33 bits per heavy atom. The Balaban J connectivity index is 2.92. The number of aromatic nitrogens is 1. The Morgan fingerprint density at radius 3 is 2.33 bits per heavy atom. The molecule has 0 aliphatic rings. The number of halogens is 5. The Morgan fingerprint density at radius 2 is 1.93 bits per heavy atom. The fraction of sp³-hybridized carbons (Fsp3) is 0.286. The number of alkyl halides is 5. The summed E-state index contributed by atoms with van der Waals surface area (Å²) in [6.07, 6.45) is -7.27. The van der Waals surface area contributed by atoms with E-state index in [9.17, 15) is 22.0 Å². The van der Waals surface area contributed by atoms with Crippen molar-refractivity contribution in [3.8, 4) is 5.88 Å². The van der Waals surface area contributed by atoms with Gasteiger partial charge in [0.2, 0.25) is 5.88 Å². The van der Waals surface area contributed by atoms with Crippen LogP contribution in [0.3, 0.4) is 0 Å². The maximum Gasteiger partial charge on any atom is 0.574 e. The molecule has 0 aliphatic carbocycles. The molecule has 0 saturated carbocycles. The summed E-state index contributed by atoms with van der Waals surface area (Å²) in [5.74, 6) is -0.871. The van der Waals surface area contributed by atoms with E-state index in [1.54, 1.807) is 0 Å². The monoisotopic (exact) mass is 228 g/mol. The number of hydrogen-bond acceptors (Lipinski definition) is 3. The maximum atomic E-state index is 12.1. The van der Waals surface area contributed by atoms with Crippen LogP contribution in [0, 0.1) is 0 Å². The summed E-state index contributed by atoms with van der Waals surface area (Å²) in [5, 5.41) is 0. The maximum absolute atomic E-state index is 12.1. The number of rotatable bonds is 2. The third-order valence-corrected chi connectivity index (χ3v) is 1.40. The normalized spacial score (nSPS) is 11.9. The van der Waals surface area contributed by atoms with Crippen molar-refractivity contribution in [2.24, 2.45) is 0 Å². The van der Waals surface area contributed by atoms with Gasteiger partial charge in [-0.05, 0) is 0 Å². The number of hydrogen-bond donors (Lipinski definition) is 1. The molecule has 0 bridgehead atoms. The van der Waals surface area contributed by atoms with Crippen LogP contribution in [0.4, 0.5) is 27.6 Å². The van der Waals surface area contributed by atoms with Gasteiger partial charge in [0, 0.05) is 18.0 Å². The second-order valence-electron chi connectivity index (χ2n) is 2.50. The molecule has 1 heterocycles. The molecule has 0 fully saturated rings. The van der Waals surface area contributed by atoms with Crippen molar-refractivity contribution in [1.82, 2.24) is 4.98 Å². The molecule has 0 atom stereocenters. The van der Waals surface area contributed by atoms with Crippen LogP contribution in [-0.2, 0) is 0 Å². The van der Waals surface area contributed by atoms with Gasteiger partial charge in [0.1, 0.15) is 0 Å². The first kappa shape index (κ1) is 11.5. The van der Waals surface area contributed by atoms with Gasteiger partial charge in [-0.3, -0.25) is 0 Å². The number of anilines is 1. The molecule has 8 heteroatoms. The predicted octanol–water partition coefficient (Wildman–Crippen LogP) is 2.50. The first-order chi connectivity index (χ1) is 6.79. The van der Waals surface area contributed by atoms with Crippen molar-refractivity contribution in [1.29, 1.82) is 0 Å². The van der Waals surface area contributed by atoms with E-state index in [0.717, 1.165) is 0 Å². The summed E-state index contributed by atoms with van der Waals surface area (Å²) in [6, 6.07) is 0.592. The van der Waals surface area contributed by atoms with Crippen LogP contribution in [0.1, 0.15) is 12.0 Å². The minimum absolute atomic E-state index is 0.501. The lowest BCUT2D eigenvalue weighted by Gasteiger charge is -2.09. The average molecular weight is 228 g/mol. The molecule has 0 aromatic carbocycles. The van der Waals surface area contributed by atoms with Crippen LogP contribution in [0.25, 0.3) is 0 Å². The lowest BCUT2D eigenvalue weighted by Crippen LogP contribution is -2.18. The van der Waals surface area contributed by atoms with Crippen molar-refractivity contribution >= 4 is 5.69 Å². The zero-order valence-electron chi connectivity index (χ0n) is 7.05. The number of nitrogens with zero attached hydrogens (tertiary/aromatic N) is 1. The van der Waals surface area contributed by atoms with Crippen molar-refractivity contribution in [3.05, 3.63) is 17.8 Å². The van der Waals surface area contributed by atoms with Crippen molar-refractivity contribution in [2.45, 2.75) is 12.8 Å². The molecule has 1 aromatic rings. The van der Waals surface area contributed by atoms with Crippen molar-refractivity contribution < 1.29 is 26.7 Å². The van der Waals surface area contributed by atoms with Gasteiger partial charge in [-0.15, -0.1) is 13.2 Å². The van der Waals surface area contributed by atoms with Crippen molar-refractivity contribution in [3.63, 3.8) is 0 Å². The molecular formula is C7H5F5N2O. The molecule has 0 radical (unpaired) electrons. The Hall–Kier alpha value is -1.60. The molecule has 1 aromatic heterocycles. The molecule has 3 nitrogen and oxygen atoms in total. The second-order valence-corrected chi connectivity index (χ2v) is 2.50. The lowest BCUT2D eigenvalue weighted by molar-refractivity contribution is -0.276. The molecule has 0 spiro atoms. The van der Waals surface area contributed by atoms with E-state index in [4.69, 9.17) is 5.73 Å². The highest BCUT2D eigenvalue weighted by Crippen LogP contribution is 2.28. The highest BCUT2D eigenvalue weighted by molar-refractivity contribution is 5.48. The van der Waals surface area contributed by atoms with E-state index in [2.05, 4.69) is 9.72 Å². The molecule has 0 saturated heterocycles. The van der Waals surface area contributed by atoms with E-state index < -0.39 is 29.9 Å². The molecule has 0 aliphatic heterocycles. The van der Waals surface area contributed by atoms with Crippen LogP contribution in [0.2, 0.25) is 0 Å². The van der Waals surface area contributed by atoms with E-state index >= 15 is 0 Å². The lowest BCUT2D eigenvalue weighted by atomic mass is 10.2. The third-order valence-electron chi connectivity index (χ3n) is 1.40. The number of pyridine rings is 1. The molecule has 15 heavy (non-hydrogen) atoms. The predicted molar refractivity (Wildman–Crippen MR) is 40.3 cm³/mol. The standard InChI is InChI=1S/C7H5F5N2O/c8-6(9)3-2-14-5(1-4(3)13)15-7(10,11)12/h1-2,6H,(H2,13,14). The van der Waals surface area contributed by atoms with Gasteiger partial charge in [0.15, 0.2) is 0 Å². The minimum atomic E-state index is -4.92. The number of nitrogen functional groups attached to an aromatic ring is 1. The van der Waals surface area contributed by atoms with Gasteiger partial charge in [-0.1, -0.05) is 0 Å². The fourth-order valence-electron chi connectivity index (χ4n) is 0.818. The molecular weight excluding hydrogens is 223 g/mol. The highest BCUT2D eigenvalue weighted by atomic mass is 19.4. The van der Waals surface area contributed by atoms with Crippen molar-refractivity contribution in [2.75, 3.05) is 5.73 Å². The van der Waals surface area contributed by atoms with Gasteiger partial charge in [-0.25, -0.2) is 13.8 Å². The van der Waals surface area contributed by atoms with Gasteiger partial charge in [0.05, 0.1) is 5.56 Å². The quantitative estimate of drug-likeness (QED) is 0.791. The minimum Gasteiger partial charge on any atom is -0.398 e. The van der Waals surface area contributed by atoms with Crippen LogP contribution in [-0.4, -0.2) is 11.3 Å². The van der Waals surface area contributed by atoms with E-state index in [-0.39, 0.29) is 0 Å². The molecule has 0 amide bonds. The first-order valence-corrected chi connectivity index (χ1v) is 3.59. The molecule has 0 unspecified atom stereocenters. The van der Waals surface area contributed by atoms with Crippen LogP contribution < -0.4 is 10.5 Å². The summed E-state index contributed by atoms with van der Waals surface area (Å²) in [7, 11) is 0. The Labute approximate surface area is 80.7 Å². The van der Waals surface area contributed by atoms with Crippen LogP contribution >= 0.6 is 0 Å². The Kier molecular flexibility index (Phi) is 2.96. The van der Waals surface area contributed by atoms with Gasteiger partial charge < -0.3 is 10.5 Å². The van der Waals surface area contributed by atoms with Gasteiger partial charge >= 0.3 is 6.36 Å². The summed E-state index contributed by atoms with van der Waals surface area (Å²) in [4.78, 5) is 3.04. The van der Waals surface area contributed by atoms with Gasteiger partial charge in [0.25, 0.3) is 6.43 Å². The summed E-state index contributed by atoms with van der Waals surface area (Å²) in [5.41, 5.74) is 3.94. The molecule has 1 rings (SSSR count). The number of nitrogens with two attached hydrogens (primary N) is 1. The SMILES string of the molecule is Nc1cc(OC(F)(F)F)ncc1C(F)F. The summed E-state index contributed by atoms with van der Waals surface area (Å²) < 4.78 is 62.7. The fourth-order valence-corrected chi connectivity index (χ4v) is 0.818. The van der Waals surface area contributed by atoms with E-state index in [1.165, 1.54) is 0 Å². The zero-order chi connectivity index (χ0) is 11.6. The largest absolute Gasteiger partial charge is 0.574 e. The average Bonchev–Trinajstić information content (AvgIpc) is 1.99. The second kappa shape index (κ2) is 3.87. The third kappa shape index (κ3) is 3.22. The molecule has 84 valence electrons. The smallest absolute Gasteiger partial charge is 0.398 e. The molecule has 2 N–H and O–H groups in total. The number of ether oxygens (including phenoxy) is 1. The summed E-state index contributed by atoms with van der Waals surface area (Å²) >= 11 is 0. The topological polar surface area (TPSA) is 48.1 Å². The van der Waals surface area contributed by atoms with E-state index in [0.29, 0.717) is 12.3 Å². The first-order valence-electron chi connectivity index (χ1n) is 3.59. The summed E-state index contributed by atoms with van der Waals surface area (Å²) in [6.45, 7) is 0. The van der Waals surface area contributed by atoms with E-state index in [1.807, 2.05) is 0 Å². The van der Waals surface area contributed by atoms with Crippen LogP contribution in [0.5, 0.6) is 5.88 Å². The zero-order valence-corrected chi connectivity index (χ0v) is 7.05.